The molecule has 1 aromatic heterocycles. The number of hydrogen-bond acceptors (Lipinski definition) is 8. The molecule has 0 saturated carbocycles. The van der Waals surface area contributed by atoms with Crippen molar-refractivity contribution in [1.82, 2.24) is 15.2 Å². The number of ether oxygens (including phenoxy) is 3. The van der Waals surface area contributed by atoms with E-state index in [0.29, 0.717) is 61.7 Å². The van der Waals surface area contributed by atoms with Crippen molar-refractivity contribution < 1.29 is 14.2 Å². The van der Waals surface area contributed by atoms with E-state index in [4.69, 9.17) is 37.4 Å². The Kier molecular flexibility index (Phi) is 7.80. The Labute approximate surface area is 208 Å². The van der Waals surface area contributed by atoms with Gasteiger partial charge in [-0.25, -0.2) is 0 Å². The standard InChI is InChI=1S/C24H25Cl2N5O3/c1-32-21-12-20(17(25)10-18(21)26)30-24-15(13-27)14-29-19-11-23(22(33-2)9-16(19)24)34-8-7-31-5-3-28-4-6-31/h9-12,14,28H,3-8H2,1-2H3,(H,29,30). The minimum atomic E-state index is 0.354. The van der Waals surface area contributed by atoms with Crippen LogP contribution < -0.4 is 24.8 Å². The van der Waals surface area contributed by atoms with Crippen LogP contribution in [0.3, 0.4) is 0 Å². The van der Waals surface area contributed by atoms with Crippen LogP contribution >= 0.6 is 23.2 Å². The summed E-state index contributed by atoms with van der Waals surface area (Å²) in [6.07, 6.45) is 1.52. The van der Waals surface area contributed by atoms with Crippen LogP contribution in [0.15, 0.2) is 30.5 Å². The fourth-order valence-electron chi connectivity index (χ4n) is 3.83. The van der Waals surface area contributed by atoms with E-state index in [2.05, 4.69) is 26.6 Å². The third-order valence-corrected chi connectivity index (χ3v) is 6.26. The van der Waals surface area contributed by atoms with Gasteiger partial charge in [-0.05, 0) is 12.1 Å². The van der Waals surface area contributed by atoms with Crippen LogP contribution in [-0.4, -0.2) is 63.4 Å². The van der Waals surface area contributed by atoms with Crippen LogP contribution in [0.25, 0.3) is 10.9 Å². The molecule has 1 saturated heterocycles. The third kappa shape index (κ3) is 5.24. The molecule has 4 rings (SSSR count). The number of methoxy groups -OCH3 is 2. The van der Waals surface area contributed by atoms with Gasteiger partial charge in [0.05, 0.1) is 46.7 Å². The maximum absolute atomic E-state index is 9.72. The lowest BCUT2D eigenvalue weighted by atomic mass is 10.1. The van der Waals surface area contributed by atoms with Crippen molar-refractivity contribution >= 4 is 45.5 Å². The van der Waals surface area contributed by atoms with Crippen LogP contribution in [-0.2, 0) is 0 Å². The summed E-state index contributed by atoms with van der Waals surface area (Å²) in [5.41, 5.74) is 2.09. The molecule has 34 heavy (non-hydrogen) atoms. The molecule has 178 valence electrons. The van der Waals surface area contributed by atoms with E-state index in [1.54, 1.807) is 19.2 Å². The summed E-state index contributed by atoms with van der Waals surface area (Å²) < 4.78 is 17.0. The number of anilines is 2. The number of halogens is 2. The number of aromatic nitrogens is 1. The molecular formula is C24H25Cl2N5O3. The van der Waals surface area contributed by atoms with Crippen LogP contribution in [0, 0.1) is 11.3 Å². The Morgan fingerprint density at radius 1 is 1.06 bits per heavy atom. The first-order valence-corrected chi connectivity index (χ1v) is 11.6. The molecule has 1 aliphatic heterocycles. The Morgan fingerprint density at radius 3 is 2.53 bits per heavy atom. The first kappa shape index (κ1) is 24.2. The van der Waals surface area contributed by atoms with Gasteiger partial charge >= 0.3 is 0 Å². The predicted octanol–water partition coefficient (Wildman–Crippen LogP) is 4.46. The van der Waals surface area contributed by atoms with Crippen molar-refractivity contribution in [3.05, 3.63) is 46.1 Å². The number of pyridine rings is 1. The summed E-state index contributed by atoms with van der Waals surface area (Å²) in [5.74, 6) is 1.61. The molecule has 2 heterocycles. The zero-order chi connectivity index (χ0) is 24.1. The van der Waals surface area contributed by atoms with Gasteiger partial charge in [-0.15, -0.1) is 0 Å². The Balaban J connectivity index is 1.66. The zero-order valence-corrected chi connectivity index (χ0v) is 20.5. The summed E-state index contributed by atoms with van der Waals surface area (Å²) >= 11 is 12.6. The van der Waals surface area contributed by atoms with E-state index in [1.165, 1.54) is 13.3 Å². The number of benzene rings is 2. The first-order valence-electron chi connectivity index (χ1n) is 10.8. The Bertz CT molecular complexity index is 1230. The molecule has 1 aliphatic rings. The van der Waals surface area contributed by atoms with Crippen molar-refractivity contribution in [2.24, 2.45) is 0 Å². The lowest BCUT2D eigenvalue weighted by molar-refractivity contribution is 0.188. The number of piperazine rings is 1. The highest BCUT2D eigenvalue weighted by Gasteiger charge is 2.17. The summed E-state index contributed by atoms with van der Waals surface area (Å²) in [6, 6.07) is 9.09. The molecule has 10 heteroatoms. The van der Waals surface area contributed by atoms with Crippen molar-refractivity contribution in [3.8, 4) is 23.3 Å². The number of hydrogen-bond donors (Lipinski definition) is 2. The molecule has 0 radical (unpaired) electrons. The molecule has 1 fully saturated rings. The second-order valence-electron chi connectivity index (χ2n) is 7.71. The highest BCUT2D eigenvalue weighted by molar-refractivity contribution is 6.37. The van der Waals surface area contributed by atoms with Crippen LogP contribution in [0.5, 0.6) is 17.2 Å². The van der Waals surface area contributed by atoms with Crippen molar-refractivity contribution in [2.75, 3.05) is 58.9 Å². The van der Waals surface area contributed by atoms with Gasteiger partial charge < -0.3 is 24.8 Å². The van der Waals surface area contributed by atoms with E-state index in [9.17, 15) is 5.26 Å². The van der Waals surface area contributed by atoms with Gasteiger partial charge in [0.15, 0.2) is 11.5 Å². The second-order valence-corrected chi connectivity index (χ2v) is 8.52. The van der Waals surface area contributed by atoms with Crippen LogP contribution in [0.4, 0.5) is 11.4 Å². The van der Waals surface area contributed by atoms with Gasteiger partial charge in [-0.1, -0.05) is 23.2 Å². The topological polar surface area (TPSA) is 91.7 Å². The smallest absolute Gasteiger partial charge is 0.163 e. The predicted molar refractivity (Wildman–Crippen MR) is 134 cm³/mol. The summed E-state index contributed by atoms with van der Waals surface area (Å²) in [7, 11) is 3.11. The van der Waals surface area contributed by atoms with Gasteiger partial charge in [-0.3, -0.25) is 9.88 Å². The van der Waals surface area contributed by atoms with Crippen LogP contribution in [0.1, 0.15) is 5.56 Å². The van der Waals surface area contributed by atoms with E-state index in [-0.39, 0.29) is 0 Å². The van der Waals surface area contributed by atoms with Gasteiger partial charge in [0, 0.05) is 56.4 Å². The minimum absolute atomic E-state index is 0.354. The molecule has 3 aromatic rings. The van der Waals surface area contributed by atoms with E-state index >= 15 is 0 Å². The number of nitrogens with one attached hydrogen (secondary N) is 2. The highest BCUT2D eigenvalue weighted by Crippen LogP contribution is 2.40. The number of nitrogens with zero attached hydrogens (tertiary/aromatic N) is 3. The maximum Gasteiger partial charge on any atom is 0.163 e. The van der Waals surface area contributed by atoms with E-state index < -0.39 is 0 Å². The Morgan fingerprint density at radius 2 is 1.82 bits per heavy atom. The van der Waals surface area contributed by atoms with Crippen molar-refractivity contribution in [1.29, 1.82) is 5.26 Å². The lowest BCUT2D eigenvalue weighted by Gasteiger charge is -2.27. The number of rotatable bonds is 8. The van der Waals surface area contributed by atoms with Gasteiger partial charge in [0.2, 0.25) is 0 Å². The second kappa shape index (κ2) is 11.0. The van der Waals surface area contributed by atoms with Crippen molar-refractivity contribution in [3.63, 3.8) is 0 Å². The van der Waals surface area contributed by atoms with E-state index in [1.807, 2.05) is 12.1 Å². The van der Waals surface area contributed by atoms with Gasteiger partial charge in [0.25, 0.3) is 0 Å². The molecular weight excluding hydrogens is 477 g/mol. The average molecular weight is 502 g/mol. The summed E-state index contributed by atoms with van der Waals surface area (Å²) in [6.45, 7) is 5.35. The number of fused-ring (bicyclic) bond motifs is 1. The molecule has 0 amide bonds. The largest absolute Gasteiger partial charge is 0.495 e. The van der Waals surface area contributed by atoms with Gasteiger partial charge in [0.1, 0.15) is 18.4 Å². The minimum Gasteiger partial charge on any atom is -0.495 e. The monoisotopic (exact) mass is 501 g/mol. The normalized spacial score (nSPS) is 14.0. The van der Waals surface area contributed by atoms with Gasteiger partial charge in [-0.2, -0.15) is 5.26 Å². The number of nitriles is 1. The quantitative estimate of drug-likeness (QED) is 0.467. The average Bonchev–Trinajstić information content (AvgIpc) is 2.86. The molecule has 2 aromatic carbocycles. The molecule has 0 unspecified atom stereocenters. The SMILES string of the molecule is COc1cc(Nc2c(C#N)cnc3cc(OCCN4CCNCC4)c(OC)cc23)c(Cl)cc1Cl. The molecule has 0 bridgehead atoms. The lowest BCUT2D eigenvalue weighted by Crippen LogP contribution is -2.44. The molecule has 0 spiro atoms. The van der Waals surface area contributed by atoms with E-state index in [0.717, 1.165) is 32.7 Å². The first-order chi connectivity index (χ1) is 16.5. The molecule has 0 aliphatic carbocycles. The highest BCUT2D eigenvalue weighted by atomic mass is 35.5. The fraction of sp³-hybridized carbons (Fsp3) is 0.333. The zero-order valence-electron chi connectivity index (χ0n) is 19.0. The fourth-order valence-corrected chi connectivity index (χ4v) is 4.33. The summed E-state index contributed by atoms with van der Waals surface area (Å²) in [4.78, 5) is 6.82. The molecule has 0 atom stereocenters. The summed E-state index contributed by atoms with van der Waals surface area (Å²) in [5, 5.41) is 17.8. The molecule has 8 nitrogen and oxygen atoms in total. The van der Waals surface area contributed by atoms with Crippen molar-refractivity contribution in [2.45, 2.75) is 0 Å². The Hall–Kier alpha value is -2.96. The molecule has 2 N–H and O–H groups in total. The third-order valence-electron chi connectivity index (χ3n) is 5.65. The maximum atomic E-state index is 9.72. The van der Waals surface area contributed by atoms with Crippen LogP contribution in [0.2, 0.25) is 10.0 Å².